The Kier molecular flexibility index (Phi) is 7.90. The number of aliphatic imine (C=N–C) groups is 1. The van der Waals surface area contributed by atoms with Crippen molar-refractivity contribution in [3.63, 3.8) is 0 Å². The third-order valence-corrected chi connectivity index (χ3v) is 4.04. The molecule has 1 fully saturated rings. The molecule has 2 heterocycles. The van der Waals surface area contributed by atoms with Gasteiger partial charge in [0.2, 0.25) is 0 Å². The number of rotatable bonds is 6. The first-order chi connectivity index (χ1) is 10.1. The van der Waals surface area contributed by atoms with Crippen LogP contribution in [0.5, 0.6) is 0 Å². The highest BCUT2D eigenvalue weighted by molar-refractivity contribution is 5.85. The normalized spacial score (nSPS) is 24.5. The number of ether oxygens (including phenoxy) is 1. The van der Waals surface area contributed by atoms with Gasteiger partial charge in [0.25, 0.3) is 0 Å². The molecule has 1 atom stereocenters. The Morgan fingerprint density at radius 3 is 2.86 bits per heavy atom. The van der Waals surface area contributed by atoms with Crippen LogP contribution in [0.2, 0.25) is 0 Å². The van der Waals surface area contributed by atoms with E-state index < -0.39 is 0 Å². The Morgan fingerprint density at radius 1 is 1.45 bits per heavy atom. The molecule has 0 amide bonds. The summed E-state index contributed by atoms with van der Waals surface area (Å²) < 4.78 is 5.29. The van der Waals surface area contributed by atoms with Crippen molar-refractivity contribution in [2.75, 3.05) is 39.3 Å². The van der Waals surface area contributed by atoms with Crippen molar-refractivity contribution in [2.45, 2.75) is 33.1 Å². The van der Waals surface area contributed by atoms with Gasteiger partial charge in [0.05, 0.1) is 12.3 Å². The molecule has 126 valence electrons. The minimum absolute atomic E-state index is 0. The molecule has 1 N–H and O–H groups in total. The second kappa shape index (κ2) is 9.16. The number of hydrogen-bond donors (Lipinski definition) is 1. The zero-order valence-electron chi connectivity index (χ0n) is 13.6. The van der Waals surface area contributed by atoms with Crippen LogP contribution in [0.25, 0.3) is 0 Å². The highest BCUT2D eigenvalue weighted by Gasteiger charge is 2.26. The Balaban J connectivity index is 0.00000242. The lowest BCUT2D eigenvalue weighted by Crippen LogP contribution is -2.44. The van der Waals surface area contributed by atoms with E-state index in [1.165, 1.54) is 5.70 Å². The maximum Gasteiger partial charge on any atom is 0.305 e. The smallest absolute Gasteiger partial charge is 0.305 e. The Morgan fingerprint density at radius 2 is 2.18 bits per heavy atom. The Hall–Kier alpha value is -1.07. The van der Waals surface area contributed by atoms with Gasteiger partial charge in [-0.25, -0.2) is 0 Å². The van der Waals surface area contributed by atoms with E-state index in [1.807, 2.05) is 13.1 Å². The lowest BCUT2D eigenvalue weighted by Gasteiger charge is -2.35. The summed E-state index contributed by atoms with van der Waals surface area (Å²) in [6.45, 7) is 9.54. The van der Waals surface area contributed by atoms with Crippen LogP contribution in [0.1, 0.15) is 33.1 Å². The molecule has 0 aromatic heterocycles. The summed E-state index contributed by atoms with van der Waals surface area (Å²) in [5.74, 6) is -0.0910. The van der Waals surface area contributed by atoms with Crippen LogP contribution in [0, 0.1) is 5.41 Å². The first kappa shape index (κ1) is 19.0. The quantitative estimate of drug-likeness (QED) is 0.757. The van der Waals surface area contributed by atoms with Crippen LogP contribution in [0.15, 0.2) is 16.8 Å². The van der Waals surface area contributed by atoms with Gasteiger partial charge in [0, 0.05) is 50.8 Å². The van der Waals surface area contributed by atoms with Crippen molar-refractivity contribution in [3.05, 3.63) is 11.8 Å². The van der Waals surface area contributed by atoms with E-state index in [9.17, 15) is 4.79 Å². The predicted molar refractivity (Wildman–Crippen MR) is 91.7 cm³/mol. The molecule has 6 heteroatoms. The predicted octanol–water partition coefficient (Wildman–Crippen LogP) is 2.02. The highest BCUT2D eigenvalue weighted by atomic mass is 35.5. The van der Waals surface area contributed by atoms with Gasteiger partial charge in [-0.15, -0.1) is 12.4 Å². The average molecular weight is 330 g/mol. The summed E-state index contributed by atoms with van der Waals surface area (Å²) in [6.07, 6.45) is 6.47. The van der Waals surface area contributed by atoms with Gasteiger partial charge in [-0.3, -0.25) is 9.79 Å². The van der Waals surface area contributed by atoms with E-state index >= 15 is 0 Å². The van der Waals surface area contributed by atoms with Crippen LogP contribution >= 0.6 is 12.4 Å². The number of carbonyl (C=O) groups excluding carboxylic acids is 1. The third-order valence-electron chi connectivity index (χ3n) is 4.04. The van der Waals surface area contributed by atoms with Crippen molar-refractivity contribution < 1.29 is 9.53 Å². The summed E-state index contributed by atoms with van der Waals surface area (Å²) in [7, 11) is 0. The van der Waals surface area contributed by atoms with E-state index in [0.717, 1.165) is 45.6 Å². The summed E-state index contributed by atoms with van der Waals surface area (Å²) in [6, 6.07) is 0. The summed E-state index contributed by atoms with van der Waals surface area (Å²) in [5, 5.41) is 3.36. The number of nitrogens with zero attached hydrogens (tertiary/aromatic N) is 2. The molecule has 22 heavy (non-hydrogen) atoms. The molecule has 0 aromatic carbocycles. The molecule has 1 unspecified atom stereocenters. The number of carbonyl (C=O) groups is 1. The summed E-state index contributed by atoms with van der Waals surface area (Å²) in [5.41, 5.74) is 1.20. The lowest BCUT2D eigenvalue weighted by atomic mass is 9.84. The minimum Gasteiger partial charge on any atom is -0.466 e. The molecular formula is C16H28ClN3O2. The van der Waals surface area contributed by atoms with Crippen LogP contribution in [0.4, 0.5) is 0 Å². The molecule has 0 saturated carbocycles. The fourth-order valence-electron chi connectivity index (χ4n) is 2.71. The molecule has 0 aliphatic carbocycles. The Labute approximate surface area is 139 Å². The van der Waals surface area contributed by atoms with Gasteiger partial charge in [-0.2, -0.15) is 0 Å². The van der Waals surface area contributed by atoms with E-state index in [0.29, 0.717) is 13.0 Å². The van der Waals surface area contributed by atoms with Crippen molar-refractivity contribution in [3.8, 4) is 0 Å². The number of hydrogen-bond acceptors (Lipinski definition) is 5. The van der Waals surface area contributed by atoms with Crippen LogP contribution in [0.3, 0.4) is 0 Å². The van der Waals surface area contributed by atoms with Crippen molar-refractivity contribution in [1.29, 1.82) is 0 Å². The number of nitrogens with one attached hydrogen (secondary N) is 1. The van der Waals surface area contributed by atoms with Crippen molar-refractivity contribution >= 4 is 24.6 Å². The number of esters is 1. The number of dihydropyridines is 1. The van der Waals surface area contributed by atoms with Gasteiger partial charge in [0.15, 0.2) is 0 Å². The fourth-order valence-corrected chi connectivity index (χ4v) is 2.71. The molecular weight excluding hydrogens is 302 g/mol. The SMILES string of the molecule is CCCC(=O)OCCC1(C)C=C(N2CCNCC2)C=NC1.Cl. The zero-order valence-corrected chi connectivity index (χ0v) is 14.5. The number of halogens is 1. The maximum absolute atomic E-state index is 11.4. The molecule has 0 spiro atoms. The number of piperazine rings is 1. The highest BCUT2D eigenvalue weighted by Crippen LogP contribution is 2.29. The minimum atomic E-state index is -0.0910. The molecule has 0 bridgehead atoms. The van der Waals surface area contributed by atoms with Gasteiger partial charge in [-0.1, -0.05) is 19.9 Å². The van der Waals surface area contributed by atoms with Gasteiger partial charge >= 0.3 is 5.97 Å². The maximum atomic E-state index is 11.4. The second-order valence-corrected chi connectivity index (χ2v) is 6.15. The fraction of sp³-hybridized carbons (Fsp3) is 0.750. The first-order valence-corrected chi connectivity index (χ1v) is 7.97. The first-order valence-electron chi connectivity index (χ1n) is 7.97. The average Bonchev–Trinajstić information content (AvgIpc) is 2.48. The molecule has 2 aliphatic rings. The van der Waals surface area contributed by atoms with Crippen molar-refractivity contribution in [1.82, 2.24) is 10.2 Å². The standard InChI is InChI=1S/C16H27N3O2.ClH/c1-3-4-15(20)21-10-5-16(2)11-14(12-18-13-16)19-8-6-17-7-9-19;/h11-12,17H,3-10,13H2,1-2H3;1H. The van der Waals surface area contributed by atoms with Crippen LogP contribution < -0.4 is 5.32 Å². The van der Waals surface area contributed by atoms with E-state index in [1.54, 1.807) is 0 Å². The van der Waals surface area contributed by atoms with E-state index in [2.05, 4.69) is 28.2 Å². The van der Waals surface area contributed by atoms with Gasteiger partial charge in [0.1, 0.15) is 0 Å². The lowest BCUT2D eigenvalue weighted by molar-refractivity contribution is -0.144. The van der Waals surface area contributed by atoms with Crippen LogP contribution in [-0.2, 0) is 9.53 Å². The van der Waals surface area contributed by atoms with E-state index in [-0.39, 0.29) is 23.8 Å². The molecule has 2 aliphatic heterocycles. The molecule has 2 rings (SSSR count). The summed E-state index contributed by atoms with van der Waals surface area (Å²) in [4.78, 5) is 18.3. The van der Waals surface area contributed by atoms with Crippen LogP contribution in [-0.4, -0.2) is 56.4 Å². The summed E-state index contributed by atoms with van der Waals surface area (Å²) >= 11 is 0. The monoisotopic (exact) mass is 329 g/mol. The second-order valence-electron chi connectivity index (χ2n) is 6.15. The van der Waals surface area contributed by atoms with Gasteiger partial charge < -0.3 is 15.0 Å². The molecule has 5 nitrogen and oxygen atoms in total. The van der Waals surface area contributed by atoms with E-state index in [4.69, 9.17) is 4.74 Å². The molecule has 1 saturated heterocycles. The number of allylic oxidation sites excluding steroid dienone is 1. The molecule has 0 radical (unpaired) electrons. The topological polar surface area (TPSA) is 53.9 Å². The third kappa shape index (κ3) is 5.61. The zero-order chi connectivity index (χ0) is 15.1. The van der Waals surface area contributed by atoms with Gasteiger partial charge in [-0.05, 0) is 12.8 Å². The largest absolute Gasteiger partial charge is 0.466 e. The molecule has 0 aromatic rings. The Bertz CT molecular complexity index is 420. The van der Waals surface area contributed by atoms with Crippen molar-refractivity contribution in [2.24, 2.45) is 10.4 Å².